The van der Waals surface area contributed by atoms with E-state index >= 15 is 0 Å². The predicted octanol–water partition coefficient (Wildman–Crippen LogP) is 6.85. The van der Waals surface area contributed by atoms with Gasteiger partial charge in [0, 0.05) is 31.2 Å². The number of ketones is 3. The third-order valence-electron chi connectivity index (χ3n) is 13.1. The maximum Gasteiger partial charge on any atom is 0.329 e. The Hall–Kier alpha value is -6.51. The van der Waals surface area contributed by atoms with Crippen LogP contribution < -0.4 is 14.8 Å². The number of Topliss-reactive ketones (excluding diaryl/α,β-unsaturated/α-hetero) is 3. The molecule has 0 spiro atoms. The van der Waals surface area contributed by atoms with Gasteiger partial charge in [-0.15, -0.1) is 0 Å². The molecule has 0 aliphatic carbocycles. The van der Waals surface area contributed by atoms with Crippen LogP contribution in [-0.2, 0) is 44.7 Å². The number of piperidine rings is 1. The van der Waals surface area contributed by atoms with Crippen LogP contribution in [-0.4, -0.2) is 94.5 Å². The van der Waals surface area contributed by atoms with Gasteiger partial charge in [-0.3, -0.25) is 48.6 Å². The molecule has 15 heteroatoms. The first-order valence-corrected chi connectivity index (χ1v) is 23.3. The first-order chi connectivity index (χ1) is 32.0. The third kappa shape index (κ3) is 12.3. The summed E-state index contributed by atoms with van der Waals surface area (Å²) in [5.41, 5.74) is 3.28. The number of hydrogen-bond acceptors (Lipinski definition) is 12. The van der Waals surface area contributed by atoms with Crippen molar-refractivity contribution in [3.05, 3.63) is 94.0 Å². The van der Waals surface area contributed by atoms with Crippen LogP contribution in [0.25, 0.3) is 0 Å². The average Bonchev–Trinajstić information content (AvgIpc) is 3.91. The maximum absolute atomic E-state index is 13.8. The molecule has 3 aromatic rings. The highest BCUT2D eigenvalue weighted by Crippen LogP contribution is 2.35. The number of esters is 1. The van der Waals surface area contributed by atoms with E-state index in [4.69, 9.17) is 14.2 Å². The van der Waals surface area contributed by atoms with Crippen molar-refractivity contribution in [2.45, 2.75) is 136 Å². The van der Waals surface area contributed by atoms with Crippen LogP contribution in [0.5, 0.6) is 11.5 Å². The Labute approximate surface area is 391 Å². The monoisotopic (exact) mass is 919 g/mol. The van der Waals surface area contributed by atoms with E-state index in [2.05, 4.69) is 23.5 Å². The molecular weight excluding hydrogens is 859 g/mol. The fraction of sp³-hybridized carbons (Fsp3) is 0.481. The Morgan fingerprint density at radius 3 is 2.19 bits per heavy atom. The molecule has 67 heavy (non-hydrogen) atoms. The molecular formula is C52H61N3O12. The second kappa shape index (κ2) is 22.3. The van der Waals surface area contributed by atoms with Crippen molar-refractivity contribution in [2.24, 2.45) is 5.41 Å². The second-order valence-electron chi connectivity index (χ2n) is 18.4. The first kappa shape index (κ1) is 49.9. The summed E-state index contributed by atoms with van der Waals surface area (Å²) in [7, 11) is 0. The Balaban J connectivity index is 0.955. The van der Waals surface area contributed by atoms with Crippen LogP contribution >= 0.6 is 0 Å². The van der Waals surface area contributed by atoms with Crippen molar-refractivity contribution in [1.29, 1.82) is 0 Å². The van der Waals surface area contributed by atoms with E-state index in [1.165, 1.54) is 28.7 Å². The van der Waals surface area contributed by atoms with Gasteiger partial charge in [-0.05, 0) is 112 Å². The highest BCUT2D eigenvalue weighted by atomic mass is 16.5. The molecule has 0 radical (unpaired) electrons. The van der Waals surface area contributed by atoms with Crippen molar-refractivity contribution in [3.8, 4) is 11.5 Å². The Morgan fingerprint density at radius 2 is 1.51 bits per heavy atom. The van der Waals surface area contributed by atoms with E-state index in [-0.39, 0.29) is 67.3 Å². The number of carbonyl (C=O) groups excluding carboxylic acids is 9. The highest BCUT2D eigenvalue weighted by molar-refractivity contribution is 6.38. The quantitative estimate of drug-likeness (QED) is 0.0450. The fourth-order valence-corrected chi connectivity index (χ4v) is 8.48. The lowest BCUT2D eigenvalue weighted by molar-refractivity contribution is -0.161. The summed E-state index contributed by atoms with van der Waals surface area (Å²) in [5, 5.41) is 2.16. The molecule has 3 aromatic carbocycles. The lowest BCUT2D eigenvalue weighted by atomic mass is 9.84. The summed E-state index contributed by atoms with van der Waals surface area (Å²) in [6, 6.07) is 15.8. The van der Waals surface area contributed by atoms with Gasteiger partial charge < -0.3 is 19.1 Å². The van der Waals surface area contributed by atoms with Crippen molar-refractivity contribution in [2.75, 3.05) is 19.8 Å². The summed E-state index contributed by atoms with van der Waals surface area (Å²) >= 11 is 0. The molecule has 3 heterocycles. The van der Waals surface area contributed by atoms with Gasteiger partial charge in [0.1, 0.15) is 42.9 Å². The SMILES string of the molecule is CCC(C)(C)C(=O)C(=O)N1CCC[C@H]1C(=O)O[C@H](CCc1ccc(C)c(C)c1)c1cccc(OCC(=O)CCCCCCC(=O)COc2cccc3c2C(=O)N(C2CCC(=O)NC2=O)C3=O)c1. The lowest BCUT2D eigenvalue weighted by Gasteiger charge is -2.28. The fourth-order valence-electron chi connectivity index (χ4n) is 8.48. The normalized spacial score (nSPS) is 17.5. The summed E-state index contributed by atoms with van der Waals surface area (Å²) in [6.45, 7) is 9.24. The zero-order chi connectivity index (χ0) is 48.4. The molecule has 3 aliphatic rings. The minimum Gasteiger partial charge on any atom is -0.486 e. The minimum absolute atomic E-state index is 0.00101. The topological polar surface area (TPSA) is 200 Å². The van der Waals surface area contributed by atoms with Gasteiger partial charge in [0.25, 0.3) is 17.7 Å². The van der Waals surface area contributed by atoms with E-state index in [0.717, 1.165) is 16.0 Å². The van der Waals surface area contributed by atoms with Gasteiger partial charge >= 0.3 is 5.97 Å². The van der Waals surface area contributed by atoms with Gasteiger partial charge in [0.2, 0.25) is 17.6 Å². The van der Waals surface area contributed by atoms with E-state index in [1.54, 1.807) is 32.0 Å². The van der Waals surface area contributed by atoms with Crippen molar-refractivity contribution in [3.63, 3.8) is 0 Å². The van der Waals surface area contributed by atoms with Crippen molar-refractivity contribution < 1.29 is 57.4 Å². The Kier molecular flexibility index (Phi) is 16.6. The summed E-state index contributed by atoms with van der Waals surface area (Å²) in [4.78, 5) is 118. The summed E-state index contributed by atoms with van der Waals surface area (Å²) < 4.78 is 17.8. The lowest BCUT2D eigenvalue weighted by Crippen LogP contribution is -2.54. The van der Waals surface area contributed by atoms with E-state index in [9.17, 15) is 43.2 Å². The molecule has 1 N–H and O–H groups in total. The highest BCUT2D eigenvalue weighted by Gasteiger charge is 2.46. The minimum atomic E-state index is -1.11. The molecule has 3 atom stereocenters. The number of nitrogens with one attached hydrogen (secondary N) is 1. The predicted molar refractivity (Wildman–Crippen MR) is 245 cm³/mol. The number of hydrogen-bond donors (Lipinski definition) is 1. The summed E-state index contributed by atoms with van der Waals surface area (Å²) in [6.07, 6.45) is 4.90. The number of nitrogens with zero attached hydrogens (tertiary/aromatic N) is 2. The number of fused-ring (bicyclic) bond motifs is 1. The van der Waals surface area contributed by atoms with Crippen molar-refractivity contribution in [1.82, 2.24) is 15.1 Å². The molecule has 356 valence electrons. The number of amides is 5. The van der Waals surface area contributed by atoms with Gasteiger partial charge in [-0.1, -0.05) is 70.0 Å². The molecule has 0 aromatic heterocycles. The average molecular weight is 920 g/mol. The van der Waals surface area contributed by atoms with Crippen LogP contribution in [0, 0.1) is 19.3 Å². The second-order valence-corrected chi connectivity index (χ2v) is 18.4. The Bertz CT molecular complexity index is 2420. The Morgan fingerprint density at radius 1 is 0.806 bits per heavy atom. The molecule has 5 amide bonds. The molecule has 0 bridgehead atoms. The zero-order valence-electron chi connectivity index (χ0n) is 39.1. The first-order valence-electron chi connectivity index (χ1n) is 23.3. The molecule has 6 rings (SSSR count). The van der Waals surface area contributed by atoms with Crippen LogP contribution in [0.1, 0.15) is 147 Å². The molecule has 0 saturated carbocycles. The van der Waals surface area contributed by atoms with Crippen molar-refractivity contribution >= 4 is 52.9 Å². The third-order valence-corrected chi connectivity index (χ3v) is 13.1. The molecule has 3 aliphatic heterocycles. The molecule has 2 saturated heterocycles. The number of benzene rings is 3. The van der Waals surface area contributed by atoms with Crippen LogP contribution in [0.3, 0.4) is 0 Å². The number of carbonyl (C=O) groups is 9. The maximum atomic E-state index is 13.8. The smallest absolute Gasteiger partial charge is 0.329 e. The number of aryl methyl sites for hydroxylation is 3. The molecule has 2 fully saturated rings. The number of rotatable bonds is 23. The van der Waals surface area contributed by atoms with Crippen LogP contribution in [0.4, 0.5) is 0 Å². The number of imide groups is 2. The largest absolute Gasteiger partial charge is 0.486 e. The zero-order valence-corrected chi connectivity index (χ0v) is 39.1. The standard InChI is InChI=1S/C52H61N3O12/c1-6-52(4,5)46(59)50(63)54-27-13-19-41(54)51(64)67-42(25-23-34-22-21-32(2)33(3)28-34)35-14-11-17-38(29-35)65-30-36(56)15-9-7-8-10-16-37(57)31-66-43-20-12-18-39-45(43)49(62)55(48(39)61)40-24-26-44(58)53-47(40)60/h11-12,14,17-18,20-22,28-29,40-42H,6-10,13,15-16,19,23-27,30-31H2,1-5H3,(H,53,58,60)/t40?,41-,42+/m0/s1. The number of unbranched alkanes of at least 4 members (excludes halogenated alkanes) is 3. The van der Waals surface area contributed by atoms with Crippen LogP contribution in [0.15, 0.2) is 60.7 Å². The molecule has 1 unspecified atom stereocenters. The van der Waals surface area contributed by atoms with E-state index < -0.39 is 64.9 Å². The van der Waals surface area contributed by atoms with Gasteiger partial charge in [-0.2, -0.15) is 0 Å². The van der Waals surface area contributed by atoms with Crippen LogP contribution in [0.2, 0.25) is 0 Å². The van der Waals surface area contributed by atoms with Gasteiger partial charge in [-0.25, -0.2) is 4.79 Å². The number of likely N-dealkylation sites (tertiary alicyclic amines) is 1. The molecule has 15 nitrogen and oxygen atoms in total. The summed E-state index contributed by atoms with van der Waals surface area (Å²) in [5.74, 6) is -4.11. The van der Waals surface area contributed by atoms with E-state index in [1.807, 2.05) is 26.8 Å². The van der Waals surface area contributed by atoms with Gasteiger partial charge in [0.05, 0.1) is 11.1 Å². The van der Waals surface area contributed by atoms with Gasteiger partial charge in [0.15, 0.2) is 11.6 Å². The number of ether oxygens (including phenoxy) is 3. The van der Waals surface area contributed by atoms with E-state index in [0.29, 0.717) is 75.6 Å².